The number of hydrogen-bond acceptors (Lipinski definition) is 4. The summed E-state index contributed by atoms with van der Waals surface area (Å²) in [5.41, 5.74) is 7.61. The minimum absolute atomic E-state index is 0.0298. The molecular weight excluding hydrogens is 392 g/mol. The first-order valence-corrected chi connectivity index (χ1v) is 9.50. The number of nitrogens with two attached hydrogens (primary N) is 1. The van der Waals surface area contributed by atoms with Gasteiger partial charge in [-0.2, -0.15) is 0 Å². The molecule has 1 atom stereocenters. The molecule has 7 heteroatoms. The highest BCUT2D eigenvalue weighted by Crippen LogP contribution is 2.37. The van der Waals surface area contributed by atoms with Gasteiger partial charge < -0.3 is 15.4 Å². The zero-order valence-corrected chi connectivity index (χ0v) is 16.7. The van der Waals surface area contributed by atoms with Crippen LogP contribution in [0, 0.1) is 0 Å². The molecular formula is C22H21ClN2O4. The van der Waals surface area contributed by atoms with E-state index < -0.39 is 17.8 Å². The number of rotatable bonds is 6. The van der Waals surface area contributed by atoms with E-state index in [9.17, 15) is 14.4 Å². The van der Waals surface area contributed by atoms with Gasteiger partial charge in [-0.15, -0.1) is 0 Å². The Morgan fingerprint density at radius 2 is 1.79 bits per heavy atom. The lowest BCUT2D eigenvalue weighted by atomic mass is 9.83. The number of esters is 1. The molecule has 0 aliphatic carbocycles. The molecule has 1 heterocycles. The third-order valence-electron chi connectivity index (χ3n) is 4.84. The second kappa shape index (κ2) is 8.92. The quantitative estimate of drug-likeness (QED) is 0.738. The summed E-state index contributed by atoms with van der Waals surface area (Å²) >= 11 is 5.97. The minimum atomic E-state index is -0.653. The Morgan fingerprint density at radius 1 is 1.14 bits per heavy atom. The molecule has 0 fully saturated rings. The van der Waals surface area contributed by atoms with Gasteiger partial charge in [0.05, 0.1) is 5.57 Å². The van der Waals surface area contributed by atoms with Crippen molar-refractivity contribution >= 4 is 29.4 Å². The highest BCUT2D eigenvalue weighted by molar-refractivity contribution is 6.30. The molecule has 6 nitrogen and oxygen atoms in total. The van der Waals surface area contributed by atoms with Crippen LogP contribution in [0.4, 0.5) is 0 Å². The molecule has 2 N–H and O–H groups in total. The normalized spacial score (nSPS) is 16.7. The number of hydrogen-bond donors (Lipinski definition) is 1. The summed E-state index contributed by atoms with van der Waals surface area (Å²) in [4.78, 5) is 38.3. The highest BCUT2D eigenvalue weighted by atomic mass is 35.5. The van der Waals surface area contributed by atoms with Gasteiger partial charge in [0.25, 0.3) is 0 Å². The van der Waals surface area contributed by atoms with E-state index in [1.807, 2.05) is 30.3 Å². The largest absolute Gasteiger partial charge is 0.457 e. The maximum Gasteiger partial charge on any atom is 0.336 e. The molecule has 0 aromatic heterocycles. The average molecular weight is 413 g/mol. The van der Waals surface area contributed by atoms with Gasteiger partial charge in [-0.3, -0.25) is 9.59 Å². The van der Waals surface area contributed by atoms with Crippen LogP contribution in [0.25, 0.3) is 0 Å². The molecule has 3 rings (SSSR count). The van der Waals surface area contributed by atoms with Gasteiger partial charge in [0.2, 0.25) is 11.8 Å². The number of primary amides is 1. The van der Waals surface area contributed by atoms with Crippen molar-refractivity contribution in [1.29, 1.82) is 0 Å². The Balaban J connectivity index is 1.95. The molecule has 0 saturated heterocycles. The molecule has 1 unspecified atom stereocenters. The predicted molar refractivity (Wildman–Crippen MR) is 109 cm³/mol. The maximum absolute atomic E-state index is 13.0. The van der Waals surface area contributed by atoms with Crippen molar-refractivity contribution in [3.63, 3.8) is 0 Å². The molecule has 2 aromatic rings. The molecule has 1 aliphatic heterocycles. The molecule has 0 saturated carbocycles. The first-order chi connectivity index (χ1) is 13.9. The van der Waals surface area contributed by atoms with Gasteiger partial charge in [0.15, 0.2) is 0 Å². The van der Waals surface area contributed by atoms with Crippen molar-refractivity contribution in [2.75, 3.05) is 6.54 Å². The van der Waals surface area contributed by atoms with Crippen LogP contribution in [0.3, 0.4) is 0 Å². The third-order valence-corrected chi connectivity index (χ3v) is 5.09. The van der Waals surface area contributed by atoms with Crippen LogP contribution >= 0.6 is 11.6 Å². The zero-order chi connectivity index (χ0) is 21.0. The summed E-state index contributed by atoms with van der Waals surface area (Å²) in [6.07, 6.45) is 0.0298. The van der Waals surface area contributed by atoms with Crippen LogP contribution in [0.5, 0.6) is 0 Å². The molecule has 0 bridgehead atoms. The summed E-state index contributed by atoms with van der Waals surface area (Å²) in [5, 5.41) is 0.556. The van der Waals surface area contributed by atoms with Gasteiger partial charge in [-0.25, -0.2) is 4.79 Å². The molecule has 29 heavy (non-hydrogen) atoms. The van der Waals surface area contributed by atoms with Gasteiger partial charge >= 0.3 is 5.97 Å². The van der Waals surface area contributed by atoms with E-state index in [1.54, 1.807) is 31.2 Å². The second-order valence-electron chi connectivity index (χ2n) is 6.82. The molecule has 1 aliphatic rings. The standard InChI is InChI=1S/C22H21ClN2O4/c1-14-21(22(28)29-13-15-5-3-2-4-6-15)18(16-7-9-17(23)10-8-16)11-20(27)25(14)12-19(24)26/h2-10,18H,11-13H2,1H3,(H2,24,26). The third kappa shape index (κ3) is 4.84. The summed E-state index contributed by atoms with van der Waals surface area (Å²) in [5.74, 6) is -1.96. The van der Waals surface area contributed by atoms with Crippen LogP contribution in [0.2, 0.25) is 5.02 Å². The van der Waals surface area contributed by atoms with Gasteiger partial charge in [-0.1, -0.05) is 54.1 Å². The van der Waals surface area contributed by atoms with Crippen LogP contribution in [0.15, 0.2) is 65.9 Å². The summed E-state index contributed by atoms with van der Waals surface area (Å²) in [7, 11) is 0. The van der Waals surface area contributed by atoms with E-state index in [2.05, 4.69) is 0 Å². The van der Waals surface area contributed by atoms with Gasteiger partial charge in [-0.05, 0) is 30.2 Å². The molecule has 2 aromatic carbocycles. The predicted octanol–water partition coefficient (Wildman–Crippen LogP) is 3.16. The minimum Gasteiger partial charge on any atom is -0.457 e. The number of allylic oxidation sites excluding steroid dienone is 1. The summed E-state index contributed by atoms with van der Waals surface area (Å²) in [6, 6.07) is 16.3. The lowest BCUT2D eigenvalue weighted by Gasteiger charge is -2.33. The lowest BCUT2D eigenvalue weighted by Crippen LogP contribution is -2.42. The van der Waals surface area contributed by atoms with Gasteiger partial charge in [0, 0.05) is 23.1 Å². The number of benzene rings is 2. The Bertz CT molecular complexity index is 955. The summed E-state index contributed by atoms with van der Waals surface area (Å²) < 4.78 is 5.52. The number of nitrogens with zero attached hydrogens (tertiary/aromatic N) is 1. The van der Waals surface area contributed by atoms with Crippen LogP contribution in [-0.2, 0) is 25.7 Å². The molecule has 0 radical (unpaired) electrons. The molecule has 0 spiro atoms. The zero-order valence-electron chi connectivity index (χ0n) is 15.9. The Kier molecular flexibility index (Phi) is 6.34. The van der Waals surface area contributed by atoms with E-state index in [4.69, 9.17) is 22.1 Å². The fourth-order valence-corrected chi connectivity index (χ4v) is 3.53. The van der Waals surface area contributed by atoms with Crippen molar-refractivity contribution in [3.8, 4) is 0 Å². The topological polar surface area (TPSA) is 89.7 Å². The maximum atomic E-state index is 13.0. The van der Waals surface area contributed by atoms with E-state index >= 15 is 0 Å². The number of amides is 2. The first kappa shape index (κ1) is 20.6. The lowest BCUT2D eigenvalue weighted by molar-refractivity contribution is -0.142. The molecule has 150 valence electrons. The van der Waals surface area contributed by atoms with Crippen LogP contribution in [0.1, 0.15) is 30.4 Å². The fraction of sp³-hybridized carbons (Fsp3) is 0.227. The average Bonchev–Trinajstić information content (AvgIpc) is 2.70. The van der Waals surface area contributed by atoms with Crippen LogP contribution in [-0.4, -0.2) is 29.2 Å². The van der Waals surface area contributed by atoms with Gasteiger partial charge in [0.1, 0.15) is 13.2 Å². The Morgan fingerprint density at radius 3 is 2.41 bits per heavy atom. The Hall–Kier alpha value is -3.12. The Labute approximate surface area is 173 Å². The smallest absolute Gasteiger partial charge is 0.336 e. The highest BCUT2D eigenvalue weighted by Gasteiger charge is 2.37. The van der Waals surface area contributed by atoms with E-state index in [0.717, 1.165) is 11.1 Å². The first-order valence-electron chi connectivity index (χ1n) is 9.12. The fourth-order valence-electron chi connectivity index (χ4n) is 3.40. The van der Waals surface area contributed by atoms with Crippen molar-refractivity contribution in [2.24, 2.45) is 5.73 Å². The van der Waals surface area contributed by atoms with Crippen molar-refractivity contribution in [1.82, 2.24) is 4.90 Å². The molecule has 2 amide bonds. The summed E-state index contributed by atoms with van der Waals surface area (Å²) in [6.45, 7) is 1.45. The number of carbonyl (C=O) groups excluding carboxylic acids is 3. The van der Waals surface area contributed by atoms with Crippen molar-refractivity contribution in [3.05, 3.63) is 82.0 Å². The number of halogens is 1. The number of ether oxygens (including phenoxy) is 1. The monoisotopic (exact) mass is 412 g/mol. The van der Waals surface area contributed by atoms with E-state index in [0.29, 0.717) is 16.3 Å². The SMILES string of the molecule is CC1=C(C(=O)OCc2ccccc2)C(c2ccc(Cl)cc2)CC(=O)N1CC(N)=O. The second-order valence-corrected chi connectivity index (χ2v) is 7.25. The number of carbonyl (C=O) groups is 3. The van der Waals surface area contributed by atoms with Crippen molar-refractivity contribution < 1.29 is 19.1 Å². The van der Waals surface area contributed by atoms with Crippen molar-refractivity contribution in [2.45, 2.75) is 25.9 Å². The van der Waals surface area contributed by atoms with E-state index in [-0.39, 0.29) is 25.5 Å². The van der Waals surface area contributed by atoms with E-state index in [1.165, 1.54) is 4.90 Å². The van der Waals surface area contributed by atoms with Crippen LogP contribution < -0.4 is 5.73 Å².